The van der Waals surface area contributed by atoms with Crippen LogP contribution in [0.3, 0.4) is 0 Å². The number of amides is 2. The van der Waals surface area contributed by atoms with Crippen molar-refractivity contribution in [2.75, 3.05) is 0 Å². The molecule has 2 atom stereocenters. The zero-order chi connectivity index (χ0) is 20.1. The largest absolute Gasteiger partial charge is 0.451 e. The molecule has 6 heteroatoms. The van der Waals surface area contributed by atoms with Gasteiger partial charge in [-0.05, 0) is 82.0 Å². The molecule has 5 fully saturated rings. The van der Waals surface area contributed by atoms with Gasteiger partial charge in [0.2, 0.25) is 5.91 Å². The number of carbonyl (C=O) groups is 3. The fourth-order valence-corrected chi connectivity index (χ4v) is 6.03. The highest BCUT2D eigenvalue weighted by molar-refractivity contribution is 5.90. The van der Waals surface area contributed by atoms with Crippen molar-refractivity contribution in [2.45, 2.75) is 90.3 Å². The summed E-state index contributed by atoms with van der Waals surface area (Å²) in [7, 11) is 0. The molecule has 0 saturated heterocycles. The molecule has 0 radical (unpaired) electrons. The average molecular weight is 391 g/mol. The number of carbonyl (C=O) groups excluding carboxylic acids is 3. The Labute approximate surface area is 167 Å². The van der Waals surface area contributed by atoms with Gasteiger partial charge in [0.15, 0.2) is 6.10 Å². The number of esters is 1. The van der Waals surface area contributed by atoms with Crippen molar-refractivity contribution in [1.29, 1.82) is 0 Å². The van der Waals surface area contributed by atoms with Crippen LogP contribution in [0.5, 0.6) is 0 Å². The average Bonchev–Trinajstić information content (AvgIpc) is 3.41. The van der Waals surface area contributed by atoms with E-state index in [1.54, 1.807) is 6.92 Å². The molecule has 5 aliphatic rings. The summed E-state index contributed by atoms with van der Waals surface area (Å²) in [6, 6.07) is -0.484. The molecular weight excluding hydrogens is 356 g/mol. The SMILES string of the molecule is CC(C)[C@@H](NC(=O)C12CC3CC(CC(C3)C1)C2)C(=O)O[C@H](C)C(=O)NC1CC1. The predicted molar refractivity (Wildman–Crippen MR) is 104 cm³/mol. The molecule has 0 heterocycles. The van der Waals surface area contributed by atoms with Crippen LogP contribution in [0.15, 0.2) is 0 Å². The van der Waals surface area contributed by atoms with Gasteiger partial charge in [-0.1, -0.05) is 13.8 Å². The Morgan fingerprint density at radius 1 is 0.929 bits per heavy atom. The number of rotatable bonds is 7. The van der Waals surface area contributed by atoms with E-state index in [9.17, 15) is 14.4 Å². The lowest BCUT2D eigenvalue weighted by molar-refractivity contribution is -0.161. The van der Waals surface area contributed by atoms with Gasteiger partial charge in [0, 0.05) is 11.5 Å². The molecule has 0 aromatic rings. The molecule has 0 aliphatic heterocycles. The third-order valence-corrected chi connectivity index (χ3v) is 7.31. The first-order chi connectivity index (χ1) is 13.3. The molecular formula is C22H34N2O4. The maximum Gasteiger partial charge on any atom is 0.329 e. The Morgan fingerprint density at radius 3 is 1.93 bits per heavy atom. The van der Waals surface area contributed by atoms with Gasteiger partial charge in [-0.15, -0.1) is 0 Å². The highest BCUT2D eigenvalue weighted by Gasteiger charge is 2.55. The fraction of sp³-hybridized carbons (Fsp3) is 0.864. The van der Waals surface area contributed by atoms with E-state index in [2.05, 4.69) is 10.6 Å². The molecule has 0 aromatic carbocycles. The lowest BCUT2D eigenvalue weighted by Crippen LogP contribution is -2.57. The molecule has 28 heavy (non-hydrogen) atoms. The summed E-state index contributed by atoms with van der Waals surface area (Å²) < 4.78 is 5.42. The van der Waals surface area contributed by atoms with E-state index in [1.807, 2.05) is 13.8 Å². The molecule has 4 bridgehead atoms. The van der Waals surface area contributed by atoms with Gasteiger partial charge < -0.3 is 15.4 Å². The topological polar surface area (TPSA) is 84.5 Å². The predicted octanol–water partition coefficient (Wildman–Crippen LogP) is 2.55. The molecule has 5 aliphatic carbocycles. The molecule has 6 nitrogen and oxygen atoms in total. The second kappa shape index (κ2) is 7.34. The Hall–Kier alpha value is -1.59. The molecule has 2 N–H and O–H groups in total. The lowest BCUT2D eigenvalue weighted by Gasteiger charge is -2.55. The van der Waals surface area contributed by atoms with Crippen LogP contribution >= 0.6 is 0 Å². The third kappa shape index (κ3) is 3.92. The number of hydrogen-bond donors (Lipinski definition) is 2. The van der Waals surface area contributed by atoms with Gasteiger partial charge in [0.25, 0.3) is 5.91 Å². The number of nitrogens with one attached hydrogen (secondary N) is 2. The van der Waals surface area contributed by atoms with Crippen LogP contribution in [0.1, 0.15) is 72.1 Å². The molecule has 2 amide bonds. The lowest BCUT2D eigenvalue weighted by atomic mass is 9.49. The summed E-state index contributed by atoms with van der Waals surface area (Å²) in [5.41, 5.74) is -0.295. The van der Waals surface area contributed by atoms with E-state index in [-0.39, 0.29) is 29.2 Å². The highest BCUT2D eigenvalue weighted by Crippen LogP contribution is 2.60. The Bertz CT molecular complexity index is 620. The smallest absolute Gasteiger partial charge is 0.329 e. The molecule has 0 unspecified atom stereocenters. The second-order valence-corrected chi connectivity index (χ2v) is 10.3. The van der Waals surface area contributed by atoms with Crippen molar-refractivity contribution >= 4 is 17.8 Å². The Balaban J connectivity index is 1.38. The maximum atomic E-state index is 13.3. The Morgan fingerprint density at radius 2 is 1.46 bits per heavy atom. The zero-order valence-corrected chi connectivity index (χ0v) is 17.3. The summed E-state index contributed by atoms with van der Waals surface area (Å²) >= 11 is 0. The standard InChI is InChI=1S/C22H34N2O4/c1-12(2)18(20(26)28-13(3)19(25)23-17-4-5-17)24-21(27)22-9-14-6-15(10-22)8-16(7-14)11-22/h12-18H,4-11H2,1-3H3,(H,23,25)(H,24,27)/t13-,14?,15?,16?,18-,22?/m1/s1. The summed E-state index contributed by atoms with van der Waals surface area (Å²) in [5.74, 6) is 1.19. The van der Waals surface area contributed by atoms with Gasteiger partial charge in [-0.25, -0.2) is 4.79 Å². The van der Waals surface area contributed by atoms with Crippen LogP contribution in [0.2, 0.25) is 0 Å². The van der Waals surface area contributed by atoms with Crippen LogP contribution in [-0.4, -0.2) is 36.0 Å². The number of ether oxygens (including phenoxy) is 1. The monoisotopic (exact) mass is 390 g/mol. The van der Waals surface area contributed by atoms with Crippen LogP contribution in [0, 0.1) is 29.1 Å². The first-order valence-electron chi connectivity index (χ1n) is 11.1. The van der Waals surface area contributed by atoms with E-state index in [0.29, 0.717) is 17.8 Å². The zero-order valence-electron chi connectivity index (χ0n) is 17.3. The minimum Gasteiger partial charge on any atom is -0.451 e. The van der Waals surface area contributed by atoms with E-state index < -0.39 is 18.1 Å². The Kier molecular flexibility index (Phi) is 5.17. The van der Waals surface area contributed by atoms with Crippen LogP contribution in [-0.2, 0) is 19.1 Å². The van der Waals surface area contributed by atoms with E-state index in [1.165, 1.54) is 19.3 Å². The maximum absolute atomic E-state index is 13.3. The number of hydrogen-bond acceptors (Lipinski definition) is 4. The normalized spacial score (nSPS) is 35.4. The fourth-order valence-electron chi connectivity index (χ4n) is 6.03. The van der Waals surface area contributed by atoms with Gasteiger partial charge >= 0.3 is 5.97 Å². The van der Waals surface area contributed by atoms with E-state index in [0.717, 1.165) is 32.1 Å². The minimum atomic E-state index is -0.842. The molecule has 5 saturated carbocycles. The van der Waals surface area contributed by atoms with Crippen LogP contribution in [0.25, 0.3) is 0 Å². The van der Waals surface area contributed by atoms with Crippen molar-refractivity contribution in [2.24, 2.45) is 29.1 Å². The van der Waals surface area contributed by atoms with Gasteiger partial charge in [0.1, 0.15) is 6.04 Å². The van der Waals surface area contributed by atoms with Gasteiger partial charge in [-0.3, -0.25) is 9.59 Å². The highest BCUT2D eigenvalue weighted by atomic mass is 16.5. The van der Waals surface area contributed by atoms with Crippen molar-refractivity contribution in [3.8, 4) is 0 Å². The van der Waals surface area contributed by atoms with Crippen LogP contribution in [0.4, 0.5) is 0 Å². The van der Waals surface area contributed by atoms with Crippen molar-refractivity contribution in [3.05, 3.63) is 0 Å². The molecule has 5 rings (SSSR count). The summed E-state index contributed by atoms with van der Waals surface area (Å²) in [4.78, 5) is 38.1. The first-order valence-corrected chi connectivity index (χ1v) is 11.1. The van der Waals surface area contributed by atoms with Gasteiger partial charge in [0.05, 0.1) is 0 Å². The first kappa shape index (κ1) is 19.7. The van der Waals surface area contributed by atoms with E-state index >= 15 is 0 Å². The van der Waals surface area contributed by atoms with Crippen molar-refractivity contribution < 1.29 is 19.1 Å². The summed E-state index contributed by atoms with van der Waals surface area (Å²) in [6.07, 6.45) is 7.85. The van der Waals surface area contributed by atoms with Crippen LogP contribution < -0.4 is 10.6 Å². The van der Waals surface area contributed by atoms with E-state index in [4.69, 9.17) is 4.74 Å². The molecule has 0 aromatic heterocycles. The summed E-state index contributed by atoms with van der Waals surface area (Å²) in [5, 5.41) is 5.88. The quantitative estimate of drug-likeness (QED) is 0.654. The second-order valence-electron chi connectivity index (χ2n) is 10.3. The minimum absolute atomic E-state index is 0.0253. The van der Waals surface area contributed by atoms with Crippen molar-refractivity contribution in [1.82, 2.24) is 10.6 Å². The van der Waals surface area contributed by atoms with Gasteiger partial charge in [-0.2, -0.15) is 0 Å². The van der Waals surface area contributed by atoms with Crippen molar-refractivity contribution in [3.63, 3.8) is 0 Å². The third-order valence-electron chi connectivity index (χ3n) is 7.31. The summed E-state index contributed by atoms with van der Waals surface area (Å²) in [6.45, 7) is 5.40. The molecule has 0 spiro atoms. The molecule has 156 valence electrons.